The van der Waals surface area contributed by atoms with E-state index in [2.05, 4.69) is 147 Å². The Kier molecular flexibility index (Phi) is 6.03. The van der Waals surface area contributed by atoms with Crippen LogP contribution >= 0.6 is 8.19 Å². The molecule has 37 heavy (non-hydrogen) atoms. The van der Waals surface area contributed by atoms with Gasteiger partial charge in [0.25, 0.3) is 0 Å². The Morgan fingerprint density at radius 1 is 0.568 bits per heavy atom. The third-order valence-corrected chi connectivity index (χ3v) is 8.05. The zero-order valence-corrected chi connectivity index (χ0v) is 22.4. The van der Waals surface area contributed by atoms with Gasteiger partial charge in [-0.15, -0.1) is 0 Å². The van der Waals surface area contributed by atoms with Gasteiger partial charge in [0.15, 0.2) is 0 Å². The molecule has 2 heterocycles. The van der Waals surface area contributed by atoms with Crippen LogP contribution in [0.5, 0.6) is 0 Å². The van der Waals surface area contributed by atoms with Crippen LogP contribution in [-0.4, -0.2) is 4.98 Å². The number of aromatic amines is 1. The van der Waals surface area contributed by atoms with Gasteiger partial charge in [0.2, 0.25) is 0 Å². The SMILES string of the molecule is CC(C)(C)c1ccc2c([nH]c3ccccc32)c1-c1ccccc1.c1ccc2c(c1)ccc1pcccc12. The highest BCUT2D eigenvalue weighted by molar-refractivity contribution is 7.36. The normalized spacial score (nSPS) is 11.9. The minimum Gasteiger partial charge on any atom is -0.354 e. The first-order valence-electron chi connectivity index (χ1n) is 12.8. The Morgan fingerprint density at radius 2 is 1.27 bits per heavy atom. The highest BCUT2D eigenvalue weighted by Crippen LogP contribution is 2.40. The fraction of sp³-hybridized carbons (Fsp3) is 0.114. The van der Waals surface area contributed by atoms with Crippen molar-refractivity contribution in [2.75, 3.05) is 0 Å². The molecule has 5 aromatic carbocycles. The van der Waals surface area contributed by atoms with Crippen LogP contribution in [0.25, 0.3) is 54.2 Å². The molecule has 0 saturated heterocycles. The molecule has 0 spiro atoms. The molecule has 1 N–H and O–H groups in total. The Labute approximate surface area is 219 Å². The molecular weight excluding hydrogens is 465 g/mol. The van der Waals surface area contributed by atoms with Crippen LogP contribution in [0.1, 0.15) is 26.3 Å². The van der Waals surface area contributed by atoms with Gasteiger partial charge in [0, 0.05) is 27.0 Å². The summed E-state index contributed by atoms with van der Waals surface area (Å²) in [6.45, 7) is 6.84. The number of H-pyrrole nitrogens is 1. The Bertz CT molecular complexity index is 1800. The number of hydrogen-bond acceptors (Lipinski definition) is 0. The van der Waals surface area contributed by atoms with E-state index in [0.717, 1.165) is 0 Å². The second-order valence-electron chi connectivity index (χ2n) is 10.6. The van der Waals surface area contributed by atoms with E-state index in [1.54, 1.807) is 0 Å². The minimum atomic E-state index is 0.0939. The third kappa shape index (κ3) is 4.41. The largest absolute Gasteiger partial charge is 0.354 e. The molecule has 7 rings (SSSR count). The lowest BCUT2D eigenvalue weighted by atomic mass is 9.81. The van der Waals surface area contributed by atoms with Gasteiger partial charge in [-0.1, -0.05) is 132 Å². The second kappa shape index (κ2) is 9.51. The van der Waals surface area contributed by atoms with Gasteiger partial charge in [-0.05, 0) is 50.6 Å². The van der Waals surface area contributed by atoms with Gasteiger partial charge in [0.05, 0.1) is 5.52 Å². The summed E-state index contributed by atoms with van der Waals surface area (Å²) in [5.74, 6) is 2.18. The summed E-state index contributed by atoms with van der Waals surface area (Å²) in [6, 6.07) is 41.1. The fourth-order valence-electron chi connectivity index (χ4n) is 5.28. The standard InChI is InChI=1S/C22H21N.C13H9P/c1-22(2,3)18-14-13-17-16-11-7-8-12-19(16)23-21(17)20(18)15-9-5-4-6-10-15;1-2-5-11-10(4-1)7-8-13-12(11)6-3-9-14-13/h4-14,23H,1-3H3;1-9H. The summed E-state index contributed by atoms with van der Waals surface area (Å²) in [4.78, 5) is 3.66. The summed E-state index contributed by atoms with van der Waals surface area (Å²) in [7, 11) is 1.31. The molecule has 0 fully saturated rings. The maximum absolute atomic E-state index is 3.66. The number of rotatable bonds is 1. The topological polar surface area (TPSA) is 15.8 Å². The smallest absolute Gasteiger partial charge is 0.0547 e. The molecule has 0 atom stereocenters. The van der Waals surface area contributed by atoms with Crippen LogP contribution in [0.15, 0.2) is 121 Å². The average molecular weight is 496 g/mol. The quantitative estimate of drug-likeness (QED) is 0.218. The van der Waals surface area contributed by atoms with E-state index in [1.807, 2.05) is 0 Å². The van der Waals surface area contributed by atoms with Crippen molar-refractivity contribution in [2.45, 2.75) is 26.2 Å². The fourth-order valence-corrected chi connectivity index (χ4v) is 6.11. The molecule has 0 unspecified atom stereocenters. The van der Waals surface area contributed by atoms with Gasteiger partial charge >= 0.3 is 0 Å². The summed E-state index contributed by atoms with van der Waals surface area (Å²) < 4.78 is 0. The summed E-state index contributed by atoms with van der Waals surface area (Å²) in [5.41, 5.74) is 6.51. The van der Waals surface area contributed by atoms with Crippen LogP contribution in [0.4, 0.5) is 0 Å². The van der Waals surface area contributed by atoms with Crippen LogP contribution in [0.3, 0.4) is 0 Å². The molecule has 1 nitrogen and oxygen atoms in total. The zero-order valence-electron chi connectivity index (χ0n) is 21.5. The number of hydrogen-bond donors (Lipinski definition) is 1. The molecular formula is C35H30NP. The third-order valence-electron chi connectivity index (χ3n) is 7.06. The molecule has 0 bridgehead atoms. The summed E-state index contributed by atoms with van der Waals surface area (Å²) in [5, 5.41) is 8.07. The van der Waals surface area contributed by atoms with Crippen molar-refractivity contribution < 1.29 is 0 Å². The molecule has 0 aliphatic rings. The number of benzene rings is 5. The van der Waals surface area contributed by atoms with Gasteiger partial charge in [-0.25, -0.2) is 0 Å². The van der Waals surface area contributed by atoms with Crippen LogP contribution < -0.4 is 0 Å². The average Bonchev–Trinajstić information content (AvgIpc) is 3.32. The van der Waals surface area contributed by atoms with Crippen molar-refractivity contribution in [1.82, 2.24) is 4.98 Å². The maximum atomic E-state index is 3.66. The van der Waals surface area contributed by atoms with E-state index < -0.39 is 0 Å². The van der Waals surface area contributed by atoms with E-state index in [9.17, 15) is 0 Å². The van der Waals surface area contributed by atoms with Gasteiger partial charge < -0.3 is 4.98 Å². The first kappa shape index (κ1) is 23.5. The number of fused-ring (bicyclic) bond motifs is 6. The molecule has 7 aromatic rings. The molecule has 0 saturated carbocycles. The monoisotopic (exact) mass is 495 g/mol. The van der Waals surface area contributed by atoms with Crippen molar-refractivity contribution in [1.29, 1.82) is 0 Å². The van der Waals surface area contributed by atoms with E-state index in [0.29, 0.717) is 0 Å². The molecule has 0 aliphatic carbocycles. The molecule has 0 amide bonds. The molecule has 2 heteroatoms. The van der Waals surface area contributed by atoms with E-state index in [-0.39, 0.29) is 5.41 Å². The second-order valence-corrected chi connectivity index (χ2v) is 11.6. The number of aromatic nitrogens is 1. The van der Waals surface area contributed by atoms with Gasteiger partial charge in [-0.3, -0.25) is 0 Å². The van der Waals surface area contributed by atoms with Gasteiger partial charge in [-0.2, -0.15) is 0 Å². The molecule has 2 aromatic heterocycles. The van der Waals surface area contributed by atoms with Gasteiger partial charge in [0.1, 0.15) is 0 Å². The van der Waals surface area contributed by atoms with Crippen molar-refractivity contribution in [3.63, 3.8) is 0 Å². The lowest BCUT2D eigenvalue weighted by molar-refractivity contribution is 0.592. The van der Waals surface area contributed by atoms with E-state index >= 15 is 0 Å². The zero-order chi connectivity index (χ0) is 25.4. The van der Waals surface area contributed by atoms with E-state index in [1.165, 1.54) is 68.0 Å². The number of para-hydroxylation sites is 1. The summed E-state index contributed by atoms with van der Waals surface area (Å²) >= 11 is 0. The highest BCUT2D eigenvalue weighted by Gasteiger charge is 2.22. The van der Waals surface area contributed by atoms with Crippen molar-refractivity contribution in [2.24, 2.45) is 0 Å². The Morgan fingerprint density at radius 3 is 2.08 bits per heavy atom. The lowest BCUT2D eigenvalue weighted by Gasteiger charge is -2.24. The van der Waals surface area contributed by atoms with Crippen LogP contribution in [0.2, 0.25) is 0 Å². The van der Waals surface area contributed by atoms with Crippen molar-refractivity contribution in [3.05, 3.63) is 127 Å². The Balaban J connectivity index is 0.000000153. The first-order chi connectivity index (χ1) is 18.0. The maximum Gasteiger partial charge on any atom is 0.0547 e. The lowest BCUT2D eigenvalue weighted by Crippen LogP contribution is -2.13. The van der Waals surface area contributed by atoms with Crippen LogP contribution in [0, 0.1) is 0 Å². The van der Waals surface area contributed by atoms with E-state index in [4.69, 9.17) is 0 Å². The first-order valence-corrected chi connectivity index (χ1v) is 13.8. The predicted molar refractivity (Wildman–Crippen MR) is 164 cm³/mol. The molecule has 0 radical (unpaired) electrons. The summed E-state index contributed by atoms with van der Waals surface area (Å²) in [6.07, 6.45) is 0. The van der Waals surface area contributed by atoms with Crippen molar-refractivity contribution >= 4 is 51.3 Å². The van der Waals surface area contributed by atoms with Crippen molar-refractivity contribution in [3.8, 4) is 11.1 Å². The minimum absolute atomic E-state index is 0.0939. The Hall–Kier alpha value is -3.93. The predicted octanol–water partition coefficient (Wildman–Crippen LogP) is 10.9. The molecule has 180 valence electrons. The number of nitrogens with one attached hydrogen (secondary N) is 1. The molecule has 0 aliphatic heterocycles. The highest BCUT2D eigenvalue weighted by atomic mass is 31.0. The van der Waals surface area contributed by atoms with Crippen LogP contribution in [-0.2, 0) is 5.41 Å².